The summed E-state index contributed by atoms with van der Waals surface area (Å²) < 4.78 is 0. The van der Waals surface area contributed by atoms with Gasteiger partial charge in [0.1, 0.15) is 6.04 Å². The number of nitrogens with two attached hydrogens (primary N) is 1. The van der Waals surface area contributed by atoms with Crippen LogP contribution in [0.25, 0.3) is 0 Å². The van der Waals surface area contributed by atoms with Gasteiger partial charge in [-0.25, -0.2) is 0 Å². The van der Waals surface area contributed by atoms with Crippen molar-refractivity contribution in [1.82, 2.24) is 0 Å². The van der Waals surface area contributed by atoms with Crippen LogP contribution in [0.4, 0.5) is 0 Å². The van der Waals surface area contributed by atoms with E-state index in [0.717, 1.165) is 25.7 Å². The summed E-state index contributed by atoms with van der Waals surface area (Å²) >= 11 is 0. The SMILES string of the molecule is C=C1CCC(C[C@H](N)C(=O)O)CC1. The summed E-state index contributed by atoms with van der Waals surface area (Å²) in [6, 6.07) is -0.684. The molecule has 0 aromatic rings. The minimum absolute atomic E-state index is 0.483. The van der Waals surface area contributed by atoms with E-state index in [9.17, 15) is 4.79 Å². The van der Waals surface area contributed by atoms with Crippen LogP contribution in [-0.4, -0.2) is 17.1 Å². The van der Waals surface area contributed by atoms with Crippen molar-refractivity contribution in [2.24, 2.45) is 11.7 Å². The highest BCUT2D eigenvalue weighted by Crippen LogP contribution is 2.29. The molecular weight excluding hydrogens is 166 g/mol. The Morgan fingerprint density at radius 2 is 2.15 bits per heavy atom. The summed E-state index contributed by atoms with van der Waals surface area (Å²) in [5, 5.41) is 8.62. The molecule has 1 rings (SSSR count). The number of hydrogen-bond donors (Lipinski definition) is 2. The third kappa shape index (κ3) is 3.19. The Labute approximate surface area is 78.6 Å². The third-order valence-corrected chi connectivity index (χ3v) is 2.72. The predicted molar refractivity (Wildman–Crippen MR) is 51.3 cm³/mol. The van der Waals surface area contributed by atoms with E-state index in [1.165, 1.54) is 5.57 Å². The maximum atomic E-state index is 10.5. The predicted octanol–water partition coefficient (Wildman–Crippen LogP) is 1.53. The number of allylic oxidation sites excluding steroid dienone is 1. The molecule has 0 amide bonds. The second-order valence-corrected chi connectivity index (χ2v) is 3.87. The molecule has 0 aromatic heterocycles. The zero-order chi connectivity index (χ0) is 9.84. The molecule has 1 aliphatic carbocycles. The molecule has 0 bridgehead atoms. The van der Waals surface area contributed by atoms with Gasteiger partial charge in [0.2, 0.25) is 0 Å². The number of carboxylic acid groups (broad SMARTS) is 1. The van der Waals surface area contributed by atoms with Gasteiger partial charge in [-0.3, -0.25) is 4.79 Å². The van der Waals surface area contributed by atoms with E-state index in [1.807, 2.05) is 0 Å². The molecule has 1 fully saturated rings. The van der Waals surface area contributed by atoms with E-state index >= 15 is 0 Å². The lowest BCUT2D eigenvalue weighted by Crippen LogP contribution is -2.32. The largest absolute Gasteiger partial charge is 0.480 e. The Kier molecular flexibility index (Phi) is 3.48. The molecule has 0 spiro atoms. The Bertz CT molecular complexity index is 203. The molecular formula is C10H17NO2. The quantitative estimate of drug-likeness (QED) is 0.652. The Morgan fingerprint density at radius 3 is 2.62 bits per heavy atom. The normalized spacial score (nSPS) is 21.5. The Balaban J connectivity index is 2.30. The molecule has 1 atom stereocenters. The van der Waals surface area contributed by atoms with Crippen LogP contribution in [-0.2, 0) is 4.79 Å². The van der Waals surface area contributed by atoms with Crippen molar-refractivity contribution in [1.29, 1.82) is 0 Å². The fraction of sp³-hybridized carbons (Fsp3) is 0.700. The molecule has 1 aliphatic rings. The van der Waals surface area contributed by atoms with Crippen LogP contribution < -0.4 is 5.73 Å². The third-order valence-electron chi connectivity index (χ3n) is 2.72. The average Bonchev–Trinajstić information content (AvgIpc) is 2.08. The van der Waals surface area contributed by atoms with E-state index in [2.05, 4.69) is 6.58 Å². The molecule has 0 aromatic carbocycles. The lowest BCUT2D eigenvalue weighted by molar-refractivity contribution is -0.139. The molecule has 3 N–H and O–H groups in total. The van der Waals surface area contributed by atoms with Gasteiger partial charge >= 0.3 is 5.97 Å². The maximum Gasteiger partial charge on any atom is 0.320 e. The van der Waals surface area contributed by atoms with Gasteiger partial charge in [-0.2, -0.15) is 0 Å². The van der Waals surface area contributed by atoms with Gasteiger partial charge in [0.15, 0.2) is 0 Å². The van der Waals surface area contributed by atoms with Gasteiger partial charge in [0.05, 0.1) is 0 Å². The molecule has 13 heavy (non-hydrogen) atoms. The van der Waals surface area contributed by atoms with Crippen molar-refractivity contribution in [3.63, 3.8) is 0 Å². The van der Waals surface area contributed by atoms with Crippen molar-refractivity contribution >= 4 is 5.97 Å². The second-order valence-electron chi connectivity index (χ2n) is 3.87. The maximum absolute atomic E-state index is 10.5. The standard InChI is InChI=1S/C10H17NO2/c1-7-2-4-8(5-3-7)6-9(11)10(12)13/h8-9H,1-6,11H2,(H,12,13)/t9-/m0/s1. The van der Waals surface area contributed by atoms with Gasteiger partial charge in [0, 0.05) is 0 Å². The number of hydrogen-bond acceptors (Lipinski definition) is 2. The van der Waals surface area contributed by atoms with Crippen LogP contribution >= 0.6 is 0 Å². The fourth-order valence-electron chi connectivity index (χ4n) is 1.78. The summed E-state index contributed by atoms with van der Waals surface area (Å²) in [6.45, 7) is 3.92. The minimum atomic E-state index is -0.885. The van der Waals surface area contributed by atoms with Gasteiger partial charge in [-0.15, -0.1) is 0 Å². The van der Waals surface area contributed by atoms with Gasteiger partial charge in [-0.05, 0) is 38.0 Å². The Morgan fingerprint density at radius 1 is 1.62 bits per heavy atom. The zero-order valence-electron chi connectivity index (χ0n) is 7.83. The van der Waals surface area contributed by atoms with Crippen LogP contribution in [0.5, 0.6) is 0 Å². The average molecular weight is 183 g/mol. The van der Waals surface area contributed by atoms with Crippen LogP contribution in [0.15, 0.2) is 12.2 Å². The van der Waals surface area contributed by atoms with Crippen molar-refractivity contribution < 1.29 is 9.90 Å². The summed E-state index contributed by atoms with van der Waals surface area (Å²) in [5.41, 5.74) is 6.75. The number of rotatable bonds is 3. The van der Waals surface area contributed by atoms with Crippen molar-refractivity contribution in [2.75, 3.05) is 0 Å². The summed E-state index contributed by atoms with van der Waals surface area (Å²) in [6.07, 6.45) is 4.80. The highest BCUT2D eigenvalue weighted by atomic mass is 16.4. The lowest BCUT2D eigenvalue weighted by atomic mass is 9.83. The number of carboxylic acids is 1. The fourth-order valence-corrected chi connectivity index (χ4v) is 1.78. The molecule has 0 aliphatic heterocycles. The van der Waals surface area contributed by atoms with Crippen molar-refractivity contribution in [2.45, 2.75) is 38.1 Å². The highest BCUT2D eigenvalue weighted by Gasteiger charge is 2.21. The molecule has 74 valence electrons. The van der Waals surface area contributed by atoms with E-state index in [-0.39, 0.29) is 0 Å². The first-order valence-corrected chi connectivity index (χ1v) is 4.74. The van der Waals surface area contributed by atoms with E-state index in [1.54, 1.807) is 0 Å². The van der Waals surface area contributed by atoms with E-state index < -0.39 is 12.0 Å². The van der Waals surface area contributed by atoms with Gasteiger partial charge in [-0.1, -0.05) is 12.2 Å². The summed E-state index contributed by atoms with van der Waals surface area (Å²) in [7, 11) is 0. The topological polar surface area (TPSA) is 63.3 Å². The van der Waals surface area contributed by atoms with Gasteiger partial charge < -0.3 is 10.8 Å². The van der Waals surface area contributed by atoms with Crippen LogP contribution in [0, 0.1) is 5.92 Å². The molecule has 0 unspecified atom stereocenters. The van der Waals surface area contributed by atoms with Crippen molar-refractivity contribution in [3.05, 3.63) is 12.2 Å². The monoisotopic (exact) mass is 183 g/mol. The van der Waals surface area contributed by atoms with Gasteiger partial charge in [0.25, 0.3) is 0 Å². The first kappa shape index (κ1) is 10.3. The van der Waals surface area contributed by atoms with Crippen molar-refractivity contribution in [3.8, 4) is 0 Å². The molecule has 0 heterocycles. The smallest absolute Gasteiger partial charge is 0.320 e. The minimum Gasteiger partial charge on any atom is -0.480 e. The van der Waals surface area contributed by atoms with Crippen LogP contribution in [0.2, 0.25) is 0 Å². The first-order valence-electron chi connectivity index (χ1n) is 4.74. The molecule has 0 radical (unpaired) electrons. The van der Waals surface area contributed by atoms with E-state index in [0.29, 0.717) is 12.3 Å². The molecule has 0 saturated heterocycles. The lowest BCUT2D eigenvalue weighted by Gasteiger charge is -2.24. The molecule has 3 nitrogen and oxygen atoms in total. The highest BCUT2D eigenvalue weighted by molar-refractivity contribution is 5.73. The zero-order valence-corrected chi connectivity index (χ0v) is 7.83. The summed E-state index contributed by atoms with van der Waals surface area (Å²) in [5.74, 6) is -0.402. The van der Waals surface area contributed by atoms with Crippen LogP contribution in [0.1, 0.15) is 32.1 Å². The summed E-state index contributed by atoms with van der Waals surface area (Å²) in [4.78, 5) is 10.5. The second kappa shape index (κ2) is 4.42. The van der Waals surface area contributed by atoms with E-state index in [4.69, 9.17) is 10.8 Å². The molecule has 1 saturated carbocycles. The molecule has 3 heteroatoms. The Hall–Kier alpha value is -0.830. The first-order chi connectivity index (χ1) is 6.09. The number of aliphatic carboxylic acids is 1. The number of carbonyl (C=O) groups is 1. The van der Waals surface area contributed by atoms with Crippen LogP contribution in [0.3, 0.4) is 0 Å².